The van der Waals surface area contributed by atoms with Gasteiger partial charge in [-0.2, -0.15) is 0 Å². The van der Waals surface area contributed by atoms with Gasteiger partial charge in [-0.25, -0.2) is 0 Å². The monoisotopic (exact) mass is 199 g/mol. The second kappa shape index (κ2) is 2.96. The number of rotatable bonds is 0. The van der Waals surface area contributed by atoms with Crippen LogP contribution < -0.4 is 0 Å². The van der Waals surface area contributed by atoms with Crippen LogP contribution in [-0.4, -0.2) is 17.9 Å². The molecule has 0 aromatic heterocycles. The first-order valence-corrected chi connectivity index (χ1v) is 5.34. The van der Waals surface area contributed by atoms with Gasteiger partial charge in [0, 0.05) is 13.2 Å². The smallest absolute Gasteiger partial charge is 0.233 e. The van der Waals surface area contributed by atoms with Crippen molar-refractivity contribution in [2.45, 2.75) is 18.8 Å². The molecule has 1 heterocycles. The molecule has 1 atom stereocenters. The van der Waals surface area contributed by atoms with Crippen LogP contribution in [0.5, 0.6) is 0 Å². The molecular formula is C13H13NO. The summed E-state index contributed by atoms with van der Waals surface area (Å²) in [5.41, 5.74) is 3.83. The predicted octanol–water partition coefficient (Wildman–Crippen LogP) is 2.16. The Hall–Kier alpha value is -1.57. The van der Waals surface area contributed by atoms with Gasteiger partial charge < -0.3 is 4.90 Å². The van der Waals surface area contributed by atoms with E-state index in [4.69, 9.17) is 0 Å². The molecule has 0 bridgehead atoms. The summed E-state index contributed by atoms with van der Waals surface area (Å²) in [5, 5.41) is 0. The van der Waals surface area contributed by atoms with Gasteiger partial charge in [0.1, 0.15) is 0 Å². The third kappa shape index (κ3) is 1.14. The predicted molar refractivity (Wildman–Crippen MR) is 59.3 cm³/mol. The lowest BCUT2D eigenvalue weighted by atomic mass is 9.96. The molecule has 76 valence electrons. The Kier molecular flexibility index (Phi) is 1.72. The lowest BCUT2D eigenvalue weighted by Crippen LogP contribution is -2.25. The van der Waals surface area contributed by atoms with Gasteiger partial charge in [0.25, 0.3) is 0 Å². The number of hydrogen-bond donors (Lipinski definition) is 0. The van der Waals surface area contributed by atoms with Gasteiger partial charge in [-0.15, -0.1) is 0 Å². The number of carbonyl (C=O) groups excluding carboxylic acids is 1. The van der Waals surface area contributed by atoms with Gasteiger partial charge >= 0.3 is 0 Å². The number of likely N-dealkylation sites (N-methyl/N-ethyl adjacent to an activating group) is 1. The molecule has 0 spiro atoms. The molecular weight excluding hydrogens is 186 g/mol. The lowest BCUT2D eigenvalue weighted by molar-refractivity contribution is -0.129. The summed E-state index contributed by atoms with van der Waals surface area (Å²) in [6.07, 6.45) is 5.93. The highest BCUT2D eigenvalue weighted by Crippen LogP contribution is 2.38. The van der Waals surface area contributed by atoms with Crippen molar-refractivity contribution in [1.29, 1.82) is 0 Å². The fourth-order valence-corrected chi connectivity index (χ4v) is 2.62. The molecule has 3 rings (SSSR count). The van der Waals surface area contributed by atoms with Crippen molar-refractivity contribution in [3.63, 3.8) is 0 Å². The van der Waals surface area contributed by atoms with Crippen LogP contribution in [0.1, 0.15) is 29.0 Å². The quantitative estimate of drug-likeness (QED) is 0.627. The standard InChI is InChI=1S/C13H13NO/c1-14-8-7-10-4-2-3-9-5-6-11(12(9)10)13(14)15/h2-4,7-8,11H,5-6H2,1H3. The highest BCUT2D eigenvalue weighted by molar-refractivity contribution is 5.89. The van der Waals surface area contributed by atoms with Crippen LogP contribution in [0.4, 0.5) is 0 Å². The third-order valence-electron chi connectivity index (χ3n) is 3.40. The second-order valence-electron chi connectivity index (χ2n) is 4.28. The molecule has 1 aliphatic carbocycles. The van der Waals surface area contributed by atoms with Crippen molar-refractivity contribution in [2.75, 3.05) is 7.05 Å². The molecule has 15 heavy (non-hydrogen) atoms. The Labute approximate surface area is 89.2 Å². The first kappa shape index (κ1) is 8.72. The van der Waals surface area contributed by atoms with Gasteiger partial charge in [-0.3, -0.25) is 4.79 Å². The zero-order valence-electron chi connectivity index (χ0n) is 8.73. The summed E-state index contributed by atoms with van der Waals surface area (Å²) in [6, 6.07) is 6.32. The third-order valence-corrected chi connectivity index (χ3v) is 3.40. The molecule has 1 aromatic rings. The summed E-state index contributed by atoms with van der Waals surface area (Å²) in [7, 11) is 1.84. The zero-order chi connectivity index (χ0) is 10.4. The number of benzene rings is 1. The van der Waals surface area contributed by atoms with Gasteiger partial charge in [-0.05, 0) is 35.6 Å². The molecule has 0 saturated heterocycles. The maximum atomic E-state index is 12.0. The summed E-state index contributed by atoms with van der Waals surface area (Å²) >= 11 is 0. The summed E-state index contributed by atoms with van der Waals surface area (Å²) < 4.78 is 0. The molecule has 0 saturated carbocycles. The minimum atomic E-state index is 0.0937. The van der Waals surface area contributed by atoms with Crippen LogP contribution in [0, 0.1) is 0 Å². The van der Waals surface area contributed by atoms with Crippen LogP contribution >= 0.6 is 0 Å². The van der Waals surface area contributed by atoms with E-state index in [-0.39, 0.29) is 11.8 Å². The Bertz CT molecular complexity index is 462. The van der Waals surface area contributed by atoms with Gasteiger partial charge in [0.05, 0.1) is 5.92 Å². The number of carbonyl (C=O) groups is 1. The first-order valence-electron chi connectivity index (χ1n) is 5.34. The molecule has 2 nitrogen and oxygen atoms in total. The SMILES string of the molecule is CN1C=Cc2cccc3c2C(CC3)C1=O. The van der Waals surface area contributed by atoms with Gasteiger partial charge in [-0.1, -0.05) is 18.2 Å². The van der Waals surface area contributed by atoms with Crippen LogP contribution in [-0.2, 0) is 11.2 Å². The van der Waals surface area contributed by atoms with E-state index in [1.165, 1.54) is 16.7 Å². The fourth-order valence-electron chi connectivity index (χ4n) is 2.62. The van der Waals surface area contributed by atoms with E-state index in [2.05, 4.69) is 18.2 Å². The summed E-state index contributed by atoms with van der Waals surface area (Å²) in [4.78, 5) is 13.8. The fraction of sp³-hybridized carbons (Fsp3) is 0.308. The molecule has 1 aliphatic heterocycles. The van der Waals surface area contributed by atoms with Crippen LogP contribution in [0.3, 0.4) is 0 Å². The summed E-state index contributed by atoms with van der Waals surface area (Å²) in [6.45, 7) is 0. The molecule has 0 N–H and O–H groups in total. The van der Waals surface area contributed by atoms with E-state index < -0.39 is 0 Å². The molecule has 2 heteroatoms. The van der Waals surface area contributed by atoms with Crippen molar-refractivity contribution in [1.82, 2.24) is 4.90 Å². The Morgan fingerprint density at radius 1 is 1.40 bits per heavy atom. The number of amides is 1. The number of hydrogen-bond acceptors (Lipinski definition) is 1. The molecule has 1 amide bonds. The average molecular weight is 199 g/mol. The molecule has 1 unspecified atom stereocenters. The Morgan fingerprint density at radius 3 is 3.13 bits per heavy atom. The number of nitrogens with zero attached hydrogens (tertiary/aromatic N) is 1. The van der Waals surface area contributed by atoms with Crippen molar-refractivity contribution in [2.24, 2.45) is 0 Å². The normalized spacial score (nSPS) is 22.9. The molecule has 1 aromatic carbocycles. The highest BCUT2D eigenvalue weighted by atomic mass is 16.2. The minimum Gasteiger partial charge on any atom is -0.322 e. The second-order valence-corrected chi connectivity index (χ2v) is 4.28. The van der Waals surface area contributed by atoms with E-state index in [0.29, 0.717) is 0 Å². The van der Waals surface area contributed by atoms with E-state index in [0.717, 1.165) is 12.8 Å². The molecule has 0 fully saturated rings. The van der Waals surface area contributed by atoms with E-state index in [1.807, 2.05) is 19.3 Å². The van der Waals surface area contributed by atoms with Crippen LogP contribution in [0.15, 0.2) is 24.4 Å². The minimum absolute atomic E-state index is 0.0937. The van der Waals surface area contributed by atoms with E-state index >= 15 is 0 Å². The van der Waals surface area contributed by atoms with E-state index in [1.54, 1.807) is 4.90 Å². The van der Waals surface area contributed by atoms with E-state index in [9.17, 15) is 4.79 Å². The average Bonchev–Trinajstić information content (AvgIpc) is 2.63. The van der Waals surface area contributed by atoms with Crippen molar-refractivity contribution in [3.8, 4) is 0 Å². The van der Waals surface area contributed by atoms with Crippen molar-refractivity contribution >= 4 is 12.0 Å². The van der Waals surface area contributed by atoms with Crippen LogP contribution in [0.2, 0.25) is 0 Å². The maximum absolute atomic E-state index is 12.0. The first-order chi connectivity index (χ1) is 7.27. The van der Waals surface area contributed by atoms with Crippen LogP contribution in [0.25, 0.3) is 6.08 Å². The number of aryl methyl sites for hydroxylation is 1. The largest absolute Gasteiger partial charge is 0.322 e. The zero-order valence-corrected chi connectivity index (χ0v) is 8.73. The van der Waals surface area contributed by atoms with Gasteiger partial charge in [0.15, 0.2) is 0 Å². The Balaban J connectivity index is 2.24. The molecule has 0 radical (unpaired) electrons. The lowest BCUT2D eigenvalue weighted by Gasteiger charge is -2.15. The highest BCUT2D eigenvalue weighted by Gasteiger charge is 2.32. The topological polar surface area (TPSA) is 20.3 Å². The maximum Gasteiger partial charge on any atom is 0.233 e. The van der Waals surface area contributed by atoms with Gasteiger partial charge in [0.2, 0.25) is 5.91 Å². The summed E-state index contributed by atoms with van der Waals surface area (Å²) in [5.74, 6) is 0.325. The Morgan fingerprint density at radius 2 is 2.27 bits per heavy atom. The molecule has 2 aliphatic rings. The van der Waals surface area contributed by atoms with Crippen molar-refractivity contribution in [3.05, 3.63) is 41.1 Å². The van der Waals surface area contributed by atoms with Crippen molar-refractivity contribution < 1.29 is 4.79 Å².